The maximum atomic E-state index is 10.8. The smallest absolute Gasteiger partial charge is 0.183 e. The summed E-state index contributed by atoms with van der Waals surface area (Å²) in [6.07, 6.45) is 3.38. The van der Waals surface area contributed by atoms with Crippen molar-refractivity contribution >= 4 is 28.6 Å². The van der Waals surface area contributed by atoms with E-state index in [1.54, 1.807) is 19.4 Å². The van der Waals surface area contributed by atoms with E-state index < -0.39 is 0 Å². The molecule has 1 fully saturated rings. The van der Waals surface area contributed by atoms with Gasteiger partial charge in [0.15, 0.2) is 17.3 Å². The van der Waals surface area contributed by atoms with E-state index in [1.165, 1.54) is 0 Å². The molecule has 3 aromatic rings. The molecule has 1 atom stereocenters. The second kappa shape index (κ2) is 7.55. The predicted molar refractivity (Wildman–Crippen MR) is 114 cm³/mol. The van der Waals surface area contributed by atoms with Crippen molar-refractivity contribution in [1.29, 1.82) is 0 Å². The molecule has 0 bridgehead atoms. The van der Waals surface area contributed by atoms with Crippen LogP contribution in [0.4, 0.5) is 5.82 Å². The number of pyridine rings is 1. The number of nitrogens with one attached hydrogen (secondary N) is 1. The second-order valence-electron chi connectivity index (χ2n) is 7.63. The SMILES string of the molecule is COc1ccc2c(O)c(/C=C3\N=Nc4ncccc43)oc2c1CN1CCN[C@H](C)C1. The van der Waals surface area contributed by atoms with Gasteiger partial charge in [-0.15, -0.1) is 10.2 Å². The van der Waals surface area contributed by atoms with E-state index in [0.717, 1.165) is 36.5 Å². The molecule has 0 unspecified atom stereocenters. The molecule has 2 aliphatic rings. The number of benzene rings is 1. The highest BCUT2D eigenvalue weighted by Gasteiger charge is 2.24. The Morgan fingerprint density at radius 2 is 2.23 bits per heavy atom. The van der Waals surface area contributed by atoms with Gasteiger partial charge in [-0.2, -0.15) is 0 Å². The third-order valence-corrected chi connectivity index (χ3v) is 5.56. The van der Waals surface area contributed by atoms with Gasteiger partial charge in [-0.25, -0.2) is 4.98 Å². The molecule has 2 N–H and O–H groups in total. The summed E-state index contributed by atoms with van der Waals surface area (Å²) in [6.45, 7) is 5.68. The zero-order valence-electron chi connectivity index (χ0n) is 16.9. The van der Waals surface area contributed by atoms with Crippen LogP contribution >= 0.6 is 0 Å². The molecule has 2 aliphatic heterocycles. The van der Waals surface area contributed by atoms with Crippen molar-refractivity contribution < 1.29 is 14.3 Å². The van der Waals surface area contributed by atoms with Gasteiger partial charge in [-0.1, -0.05) is 0 Å². The minimum atomic E-state index is 0.0858. The molecule has 1 aromatic carbocycles. The average Bonchev–Trinajstić information content (AvgIpc) is 3.30. The summed E-state index contributed by atoms with van der Waals surface area (Å²) in [5.74, 6) is 1.74. The fourth-order valence-electron chi connectivity index (χ4n) is 4.08. The van der Waals surface area contributed by atoms with Crippen molar-refractivity contribution in [3.63, 3.8) is 0 Å². The molecule has 1 saturated heterocycles. The molecule has 0 radical (unpaired) electrons. The van der Waals surface area contributed by atoms with E-state index in [4.69, 9.17) is 9.15 Å². The molecule has 2 aromatic heterocycles. The number of hydrogen-bond acceptors (Lipinski definition) is 8. The summed E-state index contributed by atoms with van der Waals surface area (Å²) < 4.78 is 11.8. The van der Waals surface area contributed by atoms with Crippen molar-refractivity contribution in [2.24, 2.45) is 10.2 Å². The summed E-state index contributed by atoms with van der Waals surface area (Å²) in [4.78, 5) is 6.57. The van der Waals surface area contributed by atoms with Gasteiger partial charge in [0.25, 0.3) is 0 Å². The average molecular weight is 405 g/mol. The minimum absolute atomic E-state index is 0.0858. The number of hydrogen-bond donors (Lipinski definition) is 2. The lowest BCUT2D eigenvalue weighted by Crippen LogP contribution is -2.48. The van der Waals surface area contributed by atoms with Crippen LogP contribution < -0.4 is 10.1 Å². The highest BCUT2D eigenvalue weighted by atomic mass is 16.5. The normalized spacial score (nSPS) is 20.2. The quantitative estimate of drug-likeness (QED) is 0.683. The summed E-state index contributed by atoms with van der Waals surface area (Å²) in [6, 6.07) is 7.86. The first-order valence-electron chi connectivity index (χ1n) is 10.00. The number of rotatable bonds is 4. The van der Waals surface area contributed by atoms with Crippen LogP contribution in [-0.2, 0) is 6.54 Å². The summed E-state index contributed by atoms with van der Waals surface area (Å²) in [5, 5.41) is 23.2. The number of furan rings is 1. The Hall–Kier alpha value is -3.23. The Bertz CT molecular complexity index is 1170. The van der Waals surface area contributed by atoms with Crippen molar-refractivity contribution in [3.8, 4) is 11.5 Å². The third kappa shape index (κ3) is 3.24. The van der Waals surface area contributed by atoms with E-state index in [9.17, 15) is 5.11 Å². The Balaban J connectivity index is 1.57. The highest BCUT2D eigenvalue weighted by molar-refractivity contribution is 5.94. The first kappa shape index (κ1) is 18.8. The molecule has 0 spiro atoms. The van der Waals surface area contributed by atoms with E-state index in [2.05, 4.69) is 32.4 Å². The predicted octanol–water partition coefficient (Wildman–Crippen LogP) is 3.93. The Labute approximate surface area is 173 Å². The van der Waals surface area contributed by atoms with Crippen molar-refractivity contribution in [3.05, 3.63) is 47.3 Å². The van der Waals surface area contributed by atoms with Gasteiger partial charge in [0.2, 0.25) is 0 Å². The van der Waals surface area contributed by atoms with Crippen LogP contribution in [0.15, 0.2) is 45.1 Å². The van der Waals surface area contributed by atoms with Crippen molar-refractivity contribution in [2.75, 3.05) is 26.7 Å². The zero-order valence-corrected chi connectivity index (χ0v) is 16.9. The minimum Gasteiger partial charge on any atom is -0.504 e. The monoisotopic (exact) mass is 405 g/mol. The van der Waals surface area contributed by atoms with E-state index in [0.29, 0.717) is 40.8 Å². The molecular formula is C22H23N5O3. The van der Waals surface area contributed by atoms with E-state index >= 15 is 0 Å². The largest absolute Gasteiger partial charge is 0.504 e. The van der Waals surface area contributed by atoms with Gasteiger partial charge in [-0.3, -0.25) is 4.90 Å². The lowest BCUT2D eigenvalue weighted by atomic mass is 10.1. The zero-order chi connectivity index (χ0) is 20.7. The molecule has 154 valence electrons. The first-order valence-corrected chi connectivity index (χ1v) is 10.00. The first-order chi connectivity index (χ1) is 14.6. The standard InChI is InChI=1S/C22H23N5O3/c1-13-11-27(9-8-23-13)12-16-18(29-2)6-5-15-20(28)19(30-21(15)16)10-17-14-4-3-7-24-22(14)26-25-17/h3-7,10,13,23,28H,8-9,11-12H2,1-2H3/b17-10-/t13-/m1/s1. The highest BCUT2D eigenvalue weighted by Crippen LogP contribution is 2.41. The van der Waals surface area contributed by atoms with Crippen LogP contribution in [-0.4, -0.2) is 47.8 Å². The van der Waals surface area contributed by atoms with Crippen LogP contribution in [0.1, 0.15) is 23.8 Å². The Kier molecular flexibility index (Phi) is 4.72. The van der Waals surface area contributed by atoms with Crippen molar-refractivity contribution in [1.82, 2.24) is 15.2 Å². The number of nitrogens with zero attached hydrogens (tertiary/aromatic N) is 4. The maximum absolute atomic E-state index is 10.8. The van der Waals surface area contributed by atoms with Crippen LogP contribution in [0.2, 0.25) is 0 Å². The molecule has 30 heavy (non-hydrogen) atoms. The van der Waals surface area contributed by atoms with Crippen LogP contribution in [0, 0.1) is 0 Å². The lowest BCUT2D eigenvalue weighted by molar-refractivity contribution is 0.197. The summed E-state index contributed by atoms with van der Waals surface area (Å²) >= 11 is 0. The van der Waals surface area contributed by atoms with Gasteiger partial charge in [0, 0.05) is 50.1 Å². The fourth-order valence-corrected chi connectivity index (χ4v) is 4.08. The Morgan fingerprint density at radius 3 is 3.07 bits per heavy atom. The fraction of sp³-hybridized carbons (Fsp3) is 0.318. The molecule has 8 heteroatoms. The lowest BCUT2D eigenvalue weighted by Gasteiger charge is -2.32. The second-order valence-corrected chi connectivity index (χ2v) is 7.63. The van der Waals surface area contributed by atoms with Gasteiger partial charge in [0.1, 0.15) is 17.0 Å². The molecule has 8 nitrogen and oxygen atoms in total. The molecule has 0 saturated carbocycles. The molecule has 0 amide bonds. The maximum Gasteiger partial charge on any atom is 0.183 e. The Morgan fingerprint density at radius 1 is 1.33 bits per heavy atom. The molecule has 0 aliphatic carbocycles. The number of ether oxygens (including phenoxy) is 1. The summed E-state index contributed by atoms with van der Waals surface area (Å²) in [7, 11) is 1.65. The van der Waals surface area contributed by atoms with Gasteiger partial charge >= 0.3 is 0 Å². The van der Waals surface area contributed by atoms with Crippen LogP contribution in [0.25, 0.3) is 22.7 Å². The molecule has 5 rings (SSSR count). The number of azo groups is 1. The number of aromatic hydroxyl groups is 1. The van der Waals surface area contributed by atoms with E-state index in [1.807, 2.05) is 24.3 Å². The van der Waals surface area contributed by atoms with Crippen LogP contribution in [0.5, 0.6) is 11.5 Å². The summed E-state index contributed by atoms with van der Waals surface area (Å²) in [5.41, 5.74) is 2.98. The van der Waals surface area contributed by atoms with Crippen LogP contribution in [0.3, 0.4) is 0 Å². The number of fused-ring (bicyclic) bond motifs is 2. The van der Waals surface area contributed by atoms with Gasteiger partial charge in [0.05, 0.1) is 18.1 Å². The van der Waals surface area contributed by atoms with Crippen molar-refractivity contribution in [2.45, 2.75) is 19.5 Å². The third-order valence-electron chi connectivity index (χ3n) is 5.56. The molecule has 4 heterocycles. The molecular weight excluding hydrogens is 382 g/mol. The van der Waals surface area contributed by atoms with Gasteiger partial charge < -0.3 is 19.6 Å². The van der Waals surface area contributed by atoms with E-state index in [-0.39, 0.29) is 5.75 Å². The number of piperazine rings is 1. The number of methoxy groups -OCH3 is 1. The topological polar surface area (TPSA) is 95.5 Å². The van der Waals surface area contributed by atoms with Gasteiger partial charge in [-0.05, 0) is 31.2 Å². The number of aromatic nitrogens is 1.